The summed E-state index contributed by atoms with van der Waals surface area (Å²) in [4.78, 5) is 4.53. The smallest absolute Gasteiger partial charge is 0.0828 e. The first-order chi connectivity index (χ1) is 8.33. The van der Waals surface area contributed by atoms with E-state index in [0.717, 1.165) is 24.3 Å². The first-order valence-corrected chi connectivity index (χ1v) is 6.00. The standard InChI is InChI=1S/C14H16N2O/c1-10-6-11(9-17-12-7-15-8-12)13-4-2-3-5-14(13)16-10/h2-6,12,15H,7-9H2,1H3. The fraction of sp³-hybridized carbons (Fsp3) is 0.357. The molecule has 0 atom stereocenters. The van der Waals surface area contributed by atoms with E-state index >= 15 is 0 Å². The van der Waals surface area contributed by atoms with Gasteiger partial charge in [0.05, 0.1) is 18.2 Å². The van der Waals surface area contributed by atoms with Gasteiger partial charge in [0.1, 0.15) is 0 Å². The molecule has 0 radical (unpaired) electrons. The second-order valence-electron chi connectivity index (χ2n) is 4.53. The number of ether oxygens (including phenoxy) is 1. The van der Waals surface area contributed by atoms with E-state index in [9.17, 15) is 0 Å². The van der Waals surface area contributed by atoms with Crippen LogP contribution in [0.4, 0.5) is 0 Å². The molecule has 1 aromatic carbocycles. The van der Waals surface area contributed by atoms with Crippen LogP contribution in [0.1, 0.15) is 11.3 Å². The minimum atomic E-state index is 0.377. The first-order valence-electron chi connectivity index (χ1n) is 6.00. The summed E-state index contributed by atoms with van der Waals surface area (Å²) in [6.07, 6.45) is 0.377. The Morgan fingerprint density at radius 1 is 1.35 bits per heavy atom. The third-order valence-corrected chi connectivity index (χ3v) is 3.15. The Labute approximate surface area is 101 Å². The van der Waals surface area contributed by atoms with Gasteiger partial charge in [0, 0.05) is 24.2 Å². The van der Waals surface area contributed by atoms with Crippen molar-refractivity contribution in [1.82, 2.24) is 10.3 Å². The number of nitrogens with one attached hydrogen (secondary N) is 1. The van der Waals surface area contributed by atoms with Gasteiger partial charge in [-0.25, -0.2) is 0 Å². The average molecular weight is 228 g/mol. The molecule has 0 unspecified atom stereocenters. The topological polar surface area (TPSA) is 34.1 Å². The van der Waals surface area contributed by atoms with Crippen LogP contribution in [0.3, 0.4) is 0 Å². The van der Waals surface area contributed by atoms with Crippen LogP contribution in [0.5, 0.6) is 0 Å². The van der Waals surface area contributed by atoms with Gasteiger partial charge in [-0.2, -0.15) is 0 Å². The van der Waals surface area contributed by atoms with Crippen LogP contribution in [0, 0.1) is 6.92 Å². The van der Waals surface area contributed by atoms with Gasteiger partial charge in [-0.15, -0.1) is 0 Å². The molecule has 1 fully saturated rings. The van der Waals surface area contributed by atoms with Crippen molar-refractivity contribution < 1.29 is 4.74 Å². The molecule has 1 aliphatic heterocycles. The Bertz CT molecular complexity index is 535. The Balaban J connectivity index is 1.90. The van der Waals surface area contributed by atoms with Gasteiger partial charge in [-0.3, -0.25) is 4.98 Å². The predicted molar refractivity (Wildman–Crippen MR) is 67.9 cm³/mol. The third kappa shape index (κ3) is 2.16. The summed E-state index contributed by atoms with van der Waals surface area (Å²) in [5.74, 6) is 0. The molecule has 0 amide bonds. The summed E-state index contributed by atoms with van der Waals surface area (Å²) in [6, 6.07) is 10.4. The molecule has 17 heavy (non-hydrogen) atoms. The number of rotatable bonds is 3. The van der Waals surface area contributed by atoms with Gasteiger partial charge in [0.2, 0.25) is 0 Å². The van der Waals surface area contributed by atoms with E-state index in [4.69, 9.17) is 4.74 Å². The molecule has 3 heteroatoms. The van der Waals surface area contributed by atoms with Crippen molar-refractivity contribution >= 4 is 10.9 Å². The van der Waals surface area contributed by atoms with Crippen molar-refractivity contribution in [3.05, 3.63) is 41.6 Å². The quantitative estimate of drug-likeness (QED) is 0.872. The van der Waals surface area contributed by atoms with E-state index < -0.39 is 0 Å². The van der Waals surface area contributed by atoms with Crippen LogP contribution < -0.4 is 5.32 Å². The van der Waals surface area contributed by atoms with Crippen molar-refractivity contribution in [2.75, 3.05) is 13.1 Å². The zero-order valence-electron chi connectivity index (χ0n) is 9.94. The minimum absolute atomic E-state index is 0.377. The SMILES string of the molecule is Cc1cc(COC2CNC2)c2ccccc2n1. The molecule has 0 aliphatic carbocycles. The highest BCUT2D eigenvalue weighted by molar-refractivity contribution is 5.82. The van der Waals surface area contributed by atoms with Crippen LogP contribution in [-0.4, -0.2) is 24.2 Å². The van der Waals surface area contributed by atoms with Crippen LogP contribution >= 0.6 is 0 Å². The molecule has 88 valence electrons. The summed E-state index contributed by atoms with van der Waals surface area (Å²) in [6.45, 7) is 4.65. The maximum atomic E-state index is 5.84. The molecule has 0 saturated carbocycles. The first kappa shape index (κ1) is 10.7. The van der Waals surface area contributed by atoms with Gasteiger partial charge >= 0.3 is 0 Å². The lowest BCUT2D eigenvalue weighted by Crippen LogP contribution is -2.48. The van der Waals surface area contributed by atoms with Crippen molar-refractivity contribution in [2.45, 2.75) is 19.6 Å². The molecular formula is C14H16N2O. The number of nitrogens with zero attached hydrogens (tertiary/aromatic N) is 1. The second-order valence-corrected chi connectivity index (χ2v) is 4.53. The molecule has 3 rings (SSSR count). The molecule has 1 N–H and O–H groups in total. The predicted octanol–water partition coefficient (Wildman–Crippen LogP) is 2.03. The number of para-hydroxylation sites is 1. The number of aryl methyl sites for hydroxylation is 1. The fourth-order valence-corrected chi connectivity index (χ4v) is 2.10. The lowest BCUT2D eigenvalue weighted by molar-refractivity contribution is 0.00807. The Kier molecular flexibility index (Phi) is 2.79. The zero-order valence-corrected chi connectivity index (χ0v) is 9.94. The van der Waals surface area contributed by atoms with Crippen LogP contribution in [0.2, 0.25) is 0 Å². The van der Waals surface area contributed by atoms with E-state index in [1.807, 2.05) is 19.1 Å². The maximum absolute atomic E-state index is 5.84. The molecule has 1 aromatic heterocycles. The van der Waals surface area contributed by atoms with Crippen molar-refractivity contribution in [2.24, 2.45) is 0 Å². The molecule has 1 aliphatic rings. The molecule has 0 spiro atoms. The van der Waals surface area contributed by atoms with Crippen molar-refractivity contribution in [1.29, 1.82) is 0 Å². The minimum Gasteiger partial charge on any atom is -0.371 e. The molecular weight excluding hydrogens is 212 g/mol. The van der Waals surface area contributed by atoms with Gasteiger partial charge in [-0.1, -0.05) is 18.2 Å². The number of hydrogen-bond donors (Lipinski definition) is 1. The summed E-state index contributed by atoms with van der Waals surface area (Å²) in [5, 5.41) is 4.41. The van der Waals surface area contributed by atoms with Crippen molar-refractivity contribution in [3.8, 4) is 0 Å². The summed E-state index contributed by atoms with van der Waals surface area (Å²) >= 11 is 0. The van der Waals surface area contributed by atoms with E-state index in [2.05, 4.69) is 28.5 Å². The summed E-state index contributed by atoms with van der Waals surface area (Å²) < 4.78 is 5.84. The molecule has 2 heterocycles. The Hall–Kier alpha value is -1.45. The van der Waals surface area contributed by atoms with E-state index in [1.54, 1.807) is 0 Å². The normalized spacial score (nSPS) is 16.1. The van der Waals surface area contributed by atoms with Gasteiger partial charge in [0.15, 0.2) is 0 Å². The lowest BCUT2D eigenvalue weighted by atomic mass is 10.1. The number of benzene rings is 1. The highest BCUT2D eigenvalue weighted by atomic mass is 16.5. The lowest BCUT2D eigenvalue weighted by Gasteiger charge is -2.27. The van der Waals surface area contributed by atoms with Gasteiger partial charge < -0.3 is 10.1 Å². The molecule has 1 saturated heterocycles. The van der Waals surface area contributed by atoms with Crippen LogP contribution in [0.15, 0.2) is 30.3 Å². The molecule has 3 nitrogen and oxygen atoms in total. The number of pyridine rings is 1. The van der Waals surface area contributed by atoms with Gasteiger partial charge in [-0.05, 0) is 24.6 Å². The van der Waals surface area contributed by atoms with E-state index in [1.165, 1.54) is 10.9 Å². The highest BCUT2D eigenvalue weighted by Gasteiger charge is 2.17. The van der Waals surface area contributed by atoms with E-state index in [0.29, 0.717) is 12.7 Å². The van der Waals surface area contributed by atoms with E-state index in [-0.39, 0.29) is 0 Å². The van der Waals surface area contributed by atoms with Crippen LogP contribution in [0.25, 0.3) is 10.9 Å². The zero-order chi connectivity index (χ0) is 11.7. The average Bonchev–Trinajstić information content (AvgIpc) is 2.26. The van der Waals surface area contributed by atoms with Gasteiger partial charge in [0.25, 0.3) is 0 Å². The number of aromatic nitrogens is 1. The summed E-state index contributed by atoms with van der Waals surface area (Å²) in [7, 11) is 0. The molecule has 2 aromatic rings. The maximum Gasteiger partial charge on any atom is 0.0828 e. The number of fused-ring (bicyclic) bond motifs is 1. The van der Waals surface area contributed by atoms with Crippen molar-refractivity contribution in [3.63, 3.8) is 0 Å². The Morgan fingerprint density at radius 3 is 2.94 bits per heavy atom. The second kappa shape index (κ2) is 4.43. The Morgan fingerprint density at radius 2 is 2.18 bits per heavy atom. The monoisotopic (exact) mass is 228 g/mol. The highest BCUT2D eigenvalue weighted by Crippen LogP contribution is 2.19. The molecule has 0 bridgehead atoms. The summed E-state index contributed by atoms with van der Waals surface area (Å²) in [5.41, 5.74) is 3.34. The number of hydrogen-bond acceptors (Lipinski definition) is 3. The largest absolute Gasteiger partial charge is 0.371 e. The van der Waals surface area contributed by atoms with Crippen LogP contribution in [-0.2, 0) is 11.3 Å². The fourth-order valence-electron chi connectivity index (χ4n) is 2.10. The third-order valence-electron chi connectivity index (χ3n) is 3.15.